The van der Waals surface area contributed by atoms with Crippen molar-refractivity contribution in [3.63, 3.8) is 0 Å². The first kappa shape index (κ1) is 27.2. The largest absolute Gasteiger partial charge is 0.295 e. The monoisotopic (exact) mass is 672 g/mol. The molecule has 7 aromatic rings. The summed E-state index contributed by atoms with van der Waals surface area (Å²) < 4.78 is 6.14. The number of hydrogen-bond acceptors (Lipinski definition) is 2. The molecule has 7 aromatic carbocycles. The molecule has 0 saturated heterocycles. The predicted molar refractivity (Wildman–Crippen MR) is 191 cm³/mol. The molecule has 0 atom stereocenters. The van der Waals surface area contributed by atoms with Crippen molar-refractivity contribution in [3.05, 3.63) is 145 Å². The molecule has 0 spiro atoms. The molecule has 0 aliphatic heterocycles. The molecule has 0 aliphatic carbocycles. The number of rotatable bonds is 6. The van der Waals surface area contributed by atoms with Crippen molar-refractivity contribution >= 4 is 62.7 Å². The van der Waals surface area contributed by atoms with Crippen LogP contribution < -0.4 is 0 Å². The second-order valence-corrected chi connectivity index (χ2v) is 12.6. The van der Waals surface area contributed by atoms with Crippen molar-refractivity contribution in [2.75, 3.05) is 0 Å². The van der Waals surface area contributed by atoms with Crippen molar-refractivity contribution in [2.24, 2.45) is 0 Å². The Bertz CT molecular complexity index is 2060. The Morgan fingerprint density at radius 3 is 1.81 bits per heavy atom. The first-order valence-corrected chi connectivity index (χ1v) is 17.4. The zero-order valence-corrected chi connectivity index (χ0v) is 26.4. The van der Waals surface area contributed by atoms with Crippen molar-refractivity contribution in [1.82, 2.24) is 0 Å². The first-order chi connectivity index (χ1) is 20.5. The fraction of sp³-hybridized carbons (Fsp3) is 0.0769. The molecule has 7 rings (SSSR count). The van der Waals surface area contributed by atoms with E-state index in [0.717, 1.165) is 5.56 Å². The van der Waals surface area contributed by atoms with Gasteiger partial charge in [0.05, 0.1) is 9.21 Å². The molecule has 0 N–H and O–H groups in total. The fourth-order valence-corrected chi connectivity index (χ4v) is 7.79. The van der Waals surface area contributed by atoms with Gasteiger partial charge in [-0.3, -0.25) is 4.18 Å². The molecule has 0 heterocycles. The van der Waals surface area contributed by atoms with Gasteiger partial charge in [0, 0.05) is 21.2 Å². The Morgan fingerprint density at radius 2 is 1.07 bits per heavy atom. The van der Waals surface area contributed by atoms with Gasteiger partial charge >= 0.3 is 0 Å². The van der Waals surface area contributed by atoms with Gasteiger partial charge in [-0.25, -0.2) is 0 Å². The molecule has 1 nitrogen and oxygen atoms in total. The van der Waals surface area contributed by atoms with Crippen molar-refractivity contribution in [2.45, 2.75) is 19.4 Å². The molecular weight excluding hydrogens is 643 g/mol. The summed E-state index contributed by atoms with van der Waals surface area (Å²) in [4.78, 5) is 0. The van der Waals surface area contributed by atoms with Crippen molar-refractivity contribution < 1.29 is 4.18 Å². The summed E-state index contributed by atoms with van der Waals surface area (Å²) in [5.41, 5.74) is 8.14. The lowest BCUT2D eigenvalue weighted by Crippen LogP contribution is -2.17. The summed E-state index contributed by atoms with van der Waals surface area (Å²) in [7, 11) is 1.38. The molecular formula is C39H29IOS. The predicted octanol–water partition coefficient (Wildman–Crippen LogP) is 12.4. The SMILES string of the molecule is CC(C)(OSI)c1ccc2c(-c3cccc4ccccc34)c3ccccc3c(-c3ccc(-c4ccccc4)cc3)c2c1. The second-order valence-electron chi connectivity index (χ2n) is 11.2. The summed E-state index contributed by atoms with van der Waals surface area (Å²) in [5.74, 6) is 0. The van der Waals surface area contributed by atoms with E-state index in [9.17, 15) is 0 Å². The highest BCUT2D eigenvalue weighted by molar-refractivity contribution is 14.2. The van der Waals surface area contributed by atoms with Gasteiger partial charge in [-0.2, -0.15) is 0 Å². The third-order valence-corrected chi connectivity index (χ3v) is 9.32. The Kier molecular flexibility index (Phi) is 7.27. The summed E-state index contributed by atoms with van der Waals surface area (Å²) in [5, 5.41) is 7.50. The third kappa shape index (κ3) is 4.80. The zero-order valence-electron chi connectivity index (χ0n) is 23.5. The van der Waals surface area contributed by atoms with Crippen LogP contribution in [0, 0.1) is 0 Å². The number of benzene rings is 7. The van der Waals surface area contributed by atoms with E-state index in [0.29, 0.717) is 0 Å². The van der Waals surface area contributed by atoms with E-state index >= 15 is 0 Å². The minimum Gasteiger partial charge on any atom is -0.295 e. The average Bonchev–Trinajstić information content (AvgIpc) is 3.03. The Balaban J connectivity index is 1.57. The maximum absolute atomic E-state index is 6.14. The molecule has 204 valence electrons. The Labute approximate surface area is 263 Å². The Morgan fingerprint density at radius 1 is 0.500 bits per heavy atom. The van der Waals surface area contributed by atoms with Crippen molar-refractivity contribution in [1.29, 1.82) is 0 Å². The van der Waals surface area contributed by atoms with Crippen LogP contribution in [0.1, 0.15) is 19.4 Å². The molecule has 0 unspecified atom stereocenters. The van der Waals surface area contributed by atoms with Crippen LogP contribution in [0.3, 0.4) is 0 Å². The van der Waals surface area contributed by atoms with Crippen LogP contribution in [0.4, 0.5) is 0 Å². The maximum atomic E-state index is 6.14. The lowest BCUT2D eigenvalue weighted by Gasteiger charge is -2.25. The van der Waals surface area contributed by atoms with Gasteiger partial charge in [-0.05, 0) is 91.2 Å². The summed E-state index contributed by atoms with van der Waals surface area (Å²) in [6, 6.07) is 50.7. The van der Waals surface area contributed by atoms with E-state index in [2.05, 4.69) is 175 Å². The molecule has 0 radical (unpaired) electrons. The molecule has 0 saturated carbocycles. The van der Waals surface area contributed by atoms with Crippen LogP contribution in [0.25, 0.3) is 65.7 Å². The van der Waals surface area contributed by atoms with E-state index in [1.807, 2.05) is 0 Å². The number of fused-ring (bicyclic) bond motifs is 3. The number of halogens is 1. The van der Waals surface area contributed by atoms with Gasteiger partial charge in [0.2, 0.25) is 0 Å². The van der Waals surface area contributed by atoms with Crippen LogP contribution in [0.2, 0.25) is 0 Å². The van der Waals surface area contributed by atoms with Crippen LogP contribution >= 0.6 is 30.4 Å². The minimum atomic E-state index is -0.445. The van der Waals surface area contributed by atoms with Gasteiger partial charge in [0.25, 0.3) is 0 Å². The zero-order chi connectivity index (χ0) is 28.7. The van der Waals surface area contributed by atoms with Crippen LogP contribution in [0.15, 0.2) is 140 Å². The van der Waals surface area contributed by atoms with Gasteiger partial charge in [-0.15, -0.1) is 0 Å². The van der Waals surface area contributed by atoms with Gasteiger partial charge < -0.3 is 0 Å². The molecule has 0 bridgehead atoms. The Hall–Kier alpha value is -3.64. The maximum Gasteiger partial charge on any atom is 0.103 e. The molecule has 0 aromatic heterocycles. The lowest BCUT2D eigenvalue weighted by atomic mass is 9.83. The standard InChI is InChI=1S/C39H29IOS/c1-39(2,41-42-40)30-23-24-35-36(25-30)37(29-21-19-27(20-22-29)26-11-4-3-5-12-26)33-16-8-9-17-34(33)38(35)32-18-10-14-28-13-6-7-15-31(28)32/h3-25H,1-2H3. The van der Waals surface area contributed by atoms with Crippen molar-refractivity contribution in [3.8, 4) is 33.4 Å². The van der Waals surface area contributed by atoms with Gasteiger partial charge in [0.15, 0.2) is 0 Å². The lowest BCUT2D eigenvalue weighted by molar-refractivity contribution is 0.145. The summed E-state index contributed by atoms with van der Waals surface area (Å²) in [6.07, 6.45) is 0. The van der Waals surface area contributed by atoms with Crippen LogP contribution in [-0.2, 0) is 9.78 Å². The normalized spacial score (nSPS) is 11.9. The van der Waals surface area contributed by atoms with E-state index in [-0.39, 0.29) is 0 Å². The van der Waals surface area contributed by atoms with Crippen LogP contribution in [0.5, 0.6) is 0 Å². The summed E-state index contributed by atoms with van der Waals surface area (Å²) in [6.45, 7) is 4.28. The highest BCUT2D eigenvalue weighted by Crippen LogP contribution is 2.47. The fourth-order valence-electron chi connectivity index (χ4n) is 6.18. The molecule has 0 amide bonds. The van der Waals surface area contributed by atoms with E-state index in [1.165, 1.54) is 74.9 Å². The second kappa shape index (κ2) is 11.2. The van der Waals surface area contributed by atoms with E-state index in [1.54, 1.807) is 0 Å². The topological polar surface area (TPSA) is 9.23 Å². The minimum absolute atomic E-state index is 0.445. The van der Waals surface area contributed by atoms with Crippen LogP contribution in [-0.4, -0.2) is 0 Å². The van der Waals surface area contributed by atoms with E-state index in [4.69, 9.17) is 4.18 Å². The molecule has 0 fully saturated rings. The molecule has 3 heteroatoms. The number of hydrogen-bond donors (Lipinski definition) is 0. The molecule has 0 aliphatic rings. The smallest absolute Gasteiger partial charge is 0.103 e. The quantitative estimate of drug-likeness (QED) is 0.0988. The molecule has 42 heavy (non-hydrogen) atoms. The highest BCUT2D eigenvalue weighted by Gasteiger charge is 2.25. The third-order valence-electron chi connectivity index (χ3n) is 8.30. The van der Waals surface area contributed by atoms with Gasteiger partial charge in [0.1, 0.15) is 5.60 Å². The highest BCUT2D eigenvalue weighted by atomic mass is 127. The average molecular weight is 673 g/mol. The first-order valence-electron chi connectivity index (χ1n) is 14.1. The van der Waals surface area contributed by atoms with Gasteiger partial charge in [-0.1, -0.05) is 133 Å². The summed E-state index contributed by atoms with van der Waals surface area (Å²) >= 11 is 2.21. The van der Waals surface area contributed by atoms with E-state index < -0.39 is 5.60 Å².